The minimum atomic E-state index is -0.112. The molecular weight excluding hydrogens is 462 g/mol. The molecule has 0 radical (unpaired) electrons. The lowest BCUT2D eigenvalue weighted by atomic mass is 10.3. The van der Waals surface area contributed by atoms with Gasteiger partial charge in [-0.15, -0.1) is 10.2 Å². The monoisotopic (exact) mass is 489 g/mol. The van der Waals surface area contributed by atoms with Crippen LogP contribution < -0.4 is 20.1 Å². The largest absolute Gasteiger partial charge is 0.497 e. The smallest absolute Gasteiger partial charge is 0.234 e. The van der Waals surface area contributed by atoms with Crippen LogP contribution in [-0.4, -0.2) is 40.1 Å². The quantitative estimate of drug-likeness (QED) is 0.286. The van der Waals surface area contributed by atoms with Crippen molar-refractivity contribution in [2.45, 2.75) is 18.6 Å². The number of hydrogen-bond acceptors (Lipinski definition) is 7. The van der Waals surface area contributed by atoms with E-state index >= 15 is 0 Å². The topological polar surface area (TPSA) is 90.3 Å². The van der Waals surface area contributed by atoms with Gasteiger partial charge in [0.05, 0.1) is 26.0 Å². The Morgan fingerprint density at radius 1 is 0.914 bits per heavy atom. The number of amides is 1. The first-order chi connectivity index (χ1) is 17.2. The molecule has 3 aromatic carbocycles. The molecule has 0 aliphatic carbocycles. The van der Waals surface area contributed by atoms with E-state index in [0.717, 1.165) is 34.4 Å². The van der Waals surface area contributed by atoms with Crippen molar-refractivity contribution in [3.05, 3.63) is 84.7 Å². The van der Waals surface area contributed by atoms with Crippen LogP contribution in [0.2, 0.25) is 0 Å². The zero-order valence-corrected chi connectivity index (χ0v) is 20.4. The summed E-state index contributed by atoms with van der Waals surface area (Å²) in [5, 5.41) is 15.7. The van der Waals surface area contributed by atoms with Gasteiger partial charge in [0.2, 0.25) is 5.91 Å². The van der Waals surface area contributed by atoms with Gasteiger partial charge < -0.3 is 20.1 Å². The minimum Gasteiger partial charge on any atom is -0.497 e. The summed E-state index contributed by atoms with van der Waals surface area (Å²) in [5.74, 6) is 2.39. The Labute approximate surface area is 208 Å². The fourth-order valence-corrected chi connectivity index (χ4v) is 4.14. The molecule has 4 rings (SSSR count). The highest BCUT2D eigenvalue weighted by atomic mass is 32.2. The van der Waals surface area contributed by atoms with Crippen LogP contribution in [0.4, 0.5) is 11.4 Å². The predicted molar refractivity (Wildman–Crippen MR) is 139 cm³/mol. The molecule has 2 N–H and O–H groups in total. The van der Waals surface area contributed by atoms with Crippen LogP contribution in [-0.2, 0) is 11.3 Å². The number of thioether (sulfide) groups is 1. The summed E-state index contributed by atoms with van der Waals surface area (Å²) in [6.07, 6.45) is 0. The van der Waals surface area contributed by atoms with E-state index in [1.165, 1.54) is 11.8 Å². The number of anilines is 2. The summed E-state index contributed by atoms with van der Waals surface area (Å²) in [5.41, 5.74) is 2.58. The summed E-state index contributed by atoms with van der Waals surface area (Å²) >= 11 is 1.33. The van der Waals surface area contributed by atoms with Crippen LogP contribution in [0.15, 0.2) is 84.0 Å². The summed E-state index contributed by atoms with van der Waals surface area (Å²) in [6, 6.07) is 24.8. The Morgan fingerprint density at radius 2 is 1.63 bits per heavy atom. The zero-order valence-electron chi connectivity index (χ0n) is 19.6. The highest BCUT2D eigenvalue weighted by molar-refractivity contribution is 7.99. The molecule has 0 aliphatic rings. The maximum atomic E-state index is 12.5. The Kier molecular flexibility index (Phi) is 8.24. The van der Waals surface area contributed by atoms with E-state index in [1.807, 2.05) is 90.4 Å². The average molecular weight is 490 g/mol. The number of carbonyl (C=O) groups excluding carboxylic acids is 1. The number of nitrogens with one attached hydrogen (secondary N) is 2. The second kappa shape index (κ2) is 11.9. The molecule has 4 aromatic rings. The van der Waals surface area contributed by atoms with Crippen LogP contribution in [0.3, 0.4) is 0 Å². The molecule has 35 heavy (non-hydrogen) atoms. The van der Waals surface area contributed by atoms with Gasteiger partial charge >= 0.3 is 0 Å². The molecule has 1 heterocycles. The second-order valence-electron chi connectivity index (χ2n) is 7.45. The Balaban J connectivity index is 1.50. The van der Waals surface area contributed by atoms with Crippen molar-refractivity contribution in [2.24, 2.45) is 0 Å². The number of carbonyl (C=O) groups is 1. The van der Waals surface area contributed by atoms with E-state index in [1.54, 1.807) is 7.11 Å². The lowest BCUT2D eigenvalue weighted by Gasteiger charge is -2.12. The molecule has 0 saturated carbocycles. The van der Waals surface area contributed by atoms with Crippen molar-refractivity contribution >= 4 is 29.0 Å². The maximum absolute atomic E-state index is 12.5. The number of rotatable bonds is 11. The summed E-state index contributed by atoms with van der Waals surface area (Å²) in [7, 11) is 1.63. The van der Waals surface area contributed by atoms with Gasteiger partial charge in [0, 0.05) is 17.1 Å². The van der Waals surface area contributed by atoms with Crippen LogP contribution in [0.1, 0.15) is 12.7 Å². The number of nitrogens with zero attached hydrogens (tertiary/aromatic N) is 3. The van der Waals surface area contributed by atoms with E-state index < -0.39 is 0 Å². The zero-order chi connectivity index (χ0) is 24.5. The molecular formula is C26H27N5O3S. The van der Waals surface area contributed by atoms with Crippen molar-refractivity contribution in [1.29, 1.82) is 0 Å². The standard InChI is InChI=1S/C26H27N5O3S/c1-3-34-23-13-9-19(10-14-23)27-17-24-29-30-26(31(24)21-11-15-22(33-2)16-12-21)35-18-25(32)28-20-7-5-4-6-8-20/h4-16,27H,3,17-18H2,1-2H3,(H,28,32). The lowest BCUT2D eigenvalue weighted by molar-refractivity contribution is -0.113. The van der Waals surface area contributed by atoms with Gasteiger partial charge in [-0.25, -0.2) is 0 Å². The van der Waals surface area contributed by atoms with Crippen molar-refractivity contribution in [2.75, 3.05) is 30.1 Å². The Hall–Kier alpha value is -3.98. The second-order valence-corrected chi connectivity index (χ2v) is 8.39. The van der Waals surface area contributed by atoms with Crippen LogP contribution in [0.5, 0.6) is 11.5 Å². The van der Waals surface area contributed by atoms with Crippen molar-refractivity contribution in [1.82, 2.24) is 14.8 Å². The SMILES string of the molecule is CCOc1ccc(NCc2nnc(SCC(=O)Nc3ccccc3)n2-c2ccc(OC)cc2)cc1. The van der Waals surface area contributed by atoms with Gasteiger partial charge in [-0.05, 0) is 67.6 Å². The lowest BCUT2D eigenvalue weighted by Crippen LogP contribution is -2.14. The van der Waals surface area contributed by atoms with Gasteiger partial charge in [-0.1, -0.05) is 30.0 Å². The normalized spacial score (nSPS) is 10.6. The highest BCUT2D eigenvalue weighted by Gasteiger charge is 2.16. The fraction of sp³-hybridized carbons (Fsp3) is 0.192. The first-order valence-electron chi connectivity index (χ1n) is 11.2. The van der Waals surface area contributed by atoms with E-state index in [-0.39, 0.29) is 11.7 Å². The molecule has 0 atom stereocenters. The average Bonchev–Trinajstić information content (AvgIpc) is 3.30. The molecule has 1 aromatic heterocycles. The number of hydrogen-bond donors (Lipinski definition) is 2. The predicted octanol–water partition coefficient (Wildman–Crippen LogP) is 5.02. The number of methoxy groups -OCH3 is 1. The van der Waals surface area contributed by atoms with Crippen LogP contribution >= 0.6 is 11.8 Å². The maximum Gasteiger partial charge on any atom is 0.234 e. The molecule has 0 unspecified atom stereocenters. The number of para-hydroxylation sites is 1. The van der Waals surface area contributed by atoms with E-state index in [9.17, 15) is 4.79 Å². The Morgan fingerprint density at radius 3 is 2.31 bits per heavy atom. The van der Waals surface area contributed by atoms with E-state index in [2.05, 4.69) is 20.8 Å². The third-order valence-corrected chi connectivity index (χ3v) is 5.97. The summed E-state index contributed by atoms with van der Waals surface area (Å²) in [6.45, 7) is 3.03. The molecule has 0 fully saturated rings. The molecule has 9 heteroatoms. The fourth-order valence-electron chi connectivity index (χ4n) is 3.36. The van der Waals surface area contributed by atoms with Crippen LogP contribution in [0, 0.1) is 0 Å². The van der Waals surface area contributed by atoms with E-state index in [4.69, 9.17) is 9.47 Å². The van der Waals surface area contributed by atoms with E-state index in [0.29, 0.717) is 18.3 Å². The highest BCUT2D eigenvalue weighted by Crippen LogP contribution is 2.25. The molecule has 1 amide bonds. The van der Waals surface area contributed by atoms with Gasteiger partial charge in [0.15, 0.2) is 11.0 Å². The summed E-state index contributed by atoms with van der Waals surface area (Å²) in [4.78, 5) is 12.5. The molecule has 0 aliphatic heterocycles. The van der Waals surface area contributed by atoms with Crippen molar-refractivity contribution < 1.29 is 14.3 Å². The minimum absolute atomic E-state index is 0.112. The molecule has 8 nitrogen and oxygen atoms in total. The van der Waals surface area contributed by atoms with Gasteiger partial charge in [-0.3, -0.25) is 9.36 Å². The summed E-state index contributed by atoms with van der Waals surface area (Å²) < 4.78 is 12.7. The molecule has 0 saturated heterocycles. The third kappa shape index (κ3) is 6.54. The van der Waals surface area contributed by atoms with Gasteiger partial charge in [0.25, 0.3) is 0 Å². The first-order valence-corrected chi connectivity index (χ1v) is 12.2. The van der Waals surface area contributed by atoms with Crippen molar-refractivity contribution in [3.63, 3.8) is 0 Å². The van der Waals surface area contributed by atoms with Crippen LogP contribution in [0.25, 0.3) is 5.69 Å². The first kappa shape index (κ1) is 24.2. The number of aromatic nitrogens is 3. The number of benzene rings is 3. The molecule has 180 valence electrons. The molecule has 0 bridgehead atoms. The number of ether oxygens (including phenoxy) is 2. The van der Waals surface area contributed by atoms with Gasteiger partial charge in [0.1, 0.15) is 11.5 Å². The van der Waals surface area contributed by atoms with Crippen molar-refractivity contribution in [3.8, 4) is 17.2 Å². The van der Waals surface area contributed by atoms with Gasteiger partial charge in [-0.2, -0.15) is 0 Å². The third-order valence-electron chi connectivity index (χ3n) is 5.04. The molecule has 0 spiro atoms. The Bertz CT molecular complexity index is 1230.